The molecule has 1 aromatic carbocycles. The average Bonchev–Trinajstić information content (AvgIpc) is 2.37. The van der Waals surface area contributed by atoms with E-state index in [1.54, 1.807) is 7.05 Å². The van der Waals surface area contributed by atoms with Gasteiger partial charge in [0.05, 0.1) is 5.75 Å². The Bertz CT molecular complexity index is 480. The minimum atomic E-state index is -3.13. The van der Waals surface area contributed by atoms with Gasteiger partial charge in [0, 0.05) is 19.0 Å². The summed E-state index contributed by atoms with van der Waals surface area (Å²) in [6, 6.07) is 10.0. The Kier molecular flexibility index (Phi) is 5.56. The van der Waals surface area contributed by atoms with E-state index in [1.807, 2.05) is 37.3 Å². The standard InChI is InChI=1S/C15H25NO2S/c1-5-6-12-19(17,18)16(4)13-15(2,3)14-10-8-7-9-11-14/h7-11H,5-6,12-13H2,1-4H3. The van der Waals surface area contributed by atoms with Gasteiger partial charge < -0.3 is 0 Å². The highest BCUT2D eigenvalue weighted by atomic mass is 32.2. The highest BCUT2D eigenvalue weighted by Crippen LogP contribution is 2.24. The van der Waals surface area contributed by atoms with Crippen LogP contribution in [0.5, 0.6) is 0 Å². The molecule has 0 atom stereocenters. The summed E-state index contributed by atoms with van der Waals surface area (Å²) in [7, 11) is -1.45. The van der Waals surface area contributed by atoms with E-state index in [-0.39, 0.29) is 11.2 Å². The van der Waals surface area contributed by atoms with E-state index in [9.17, 15) is 8.42 Å². The molecule has 4 heteroatoms. The maximum Gasteiger partial charge on any atom is 0.213 e. The van der Waals surface area contributed by atoms with Crippen molar-refractivity contribution in [2.45, 2.75) is 39.0 Å². The van der Waals surface area contributed by atoms with Gasteiger partial charge in [-0.3, -0.25) is 0 Å². The predicted molar refractivity (Wildman–Crippen MR) is 80.8 cm³/mol. The van der Waals surface area contributed by atoms with Gasteiger partial charge in [0.25, 0.3) is 0 Å². The van der Waals surface area contributed by atoms with E-state index in [0.29, 0.717) is 6.54 Å². The van der Waals surface area contributed by atoms with Crippen molar-refractivity contribution in [3.8, 4) is 0 Å². The van der Waals surface area contributed by atoms with Crippen LogP contribution in [0.15, 0.2) is 30.3 Å². The average molecular weight is 283 g/mol. The summed E-state index contributed by atoms with van der Waals surface area (Å²) in [6.45, 7) is 6.66. The fraction of sp³-hybridized carbons (Fsp3) is 0.600. The first-order valence-corrected chi connectivity index (χ1v) is 8.40. The Hall–Kier alpha value is -0.870. The zero-order chi connectivity index (χ0) is 14.5. The lowest BCUT2D eigenvalue weighted by Crippen LogP contribution is -2.39. The van der Waals surface area contributed by atoms with E-state index in [0.717, 1.165) is 18.4 Å². The first-order chi connectivity index (χ1) is 8.79. The second-order valence-electron chi connectivity index (χ2n) is 5.68. The summed E-state index contributed by atoms with van der Waals surface area (Å²) in [4.78, 5) is 0. The maximum absolute atomic E-state index is 12.1. The lowest BCUT2D eigenvalue weighted by atomic mass is 9.85. The highest BCUT2D eigenvalue weighted by Gasteiger charge is 2.27. The molecule has 0 heterocycles. The molecule has 0 bridgehead atoms. The zero-order valence-corrected chi connectivity index (χ0v) is 13.2. The van der Waals surface area contributed by atoms with E-state index < -0.39 is 10.0 Å². The molecule has 0 saturated heterocycles. The molecule has 1 rings (SSSR count). The fourth-order valence-electron chi connectivity index (χ4n) is 2.12. The number of hydrogen-bond donors (Lipinski definition) is 0. The molecule has 0 aliphatic carbocycles. The second kappa shape index (κ2) is 6.53. The van der Waals surface area contributed by atoms with E-state index in [4.69, 9.17) is 0 Å². The molecular weight excluding hydrogens is 258 g/mol. The third-order valence-corrected chi connectivity index (χ3v) is 5.29. The molecule has 0 N–H and O–H groups in total. The van der Waals surface area contributed by atoms with E-state index >= 15 is 0 Å². The van der Waals surface area contributed by atoms with Gasteiger partial charge in [0.2, 0.25) is 10.0 Å². The third-order valence-electron chi connectivity index (χ3n) is 3.40. The molecule has 0 unspecified atom stereocenters. The zero-order valence-electron chi connectivity index (χ0n) is 12.4. The Labute approximate surface area is 117 Å². The van der Waals surface area contributed by atoms with Crippen LogP contribution in [0.25, 0.3) is 0 Å². The van der Waals surface area contributed by atoms with Crippen LogP contribution in [0.3, 0.4) is 0 Å². The smallest absolute Gasteiger partial charge is 0.212 e. The van der Waals surface area contributed by atoms with Crippen LogP contribution in [0, 0.1) is 0 Å². The van der Waals surface area contributed by atoms with Crippen LogP contribution in [0.1, 0.15) is 39.2 Å². The summed E-state index contributed by atoms with van der Waals surface area (Å²) in [5.74, 6) is 0.241. The summed E-state index contributed by atoms with van der Waals surface area (Å²) in [5, 5.41) is 0. The van der Waals surface area contributed by atoms with Gasteiger partial charge in [-0.1, -0.05) is 57.5 Å². The third kappa shape index (κ3) is 4.62. The molecule has 0 spiro atoms. The normalized spacial score (nSPS) is 12.9. The lowest BCUT2D eigenvalue weighted by Gasteiger charge is -2.30. The fourth-order valence-corrected chi connectivity index (χ4v) is 3.60. The SMILES string of the molecule is CCCCS(=O)(=O)N(C)CC(C)(C)c1ccccc1. The first kappa shape index (κ1) is 16.2. The maximum atomic E-state index is 12.1. The van der Waals surface area contributed by atoms with Crippen molar-refractivity contribution in [2.24, 2.45) is 0 Å². The molecule has 0 radical (unpaired) electrons. The number of benzene rings is 1. The van der Waals surface area contributed by atoms with Crippen molar-refractivity contribution >= 4 is 10.0 Å². The van der Waals surface area contributed by atoms with E-state index in [2.05, 4.69) is 13.8 Å². The van der Waals surface area contributed by atoms with Crippen LogP contribution in [-0.4, -0.2) is 32.1 Å². The molecule has 0 aliphatic rings. The second-order valence-corrected chi connectivity index (χ2v) is 7.87. The quantitative estimate of drug-likeness (QED) is 0.771. The first-order valence-electron chi connectivity index (χ1n) is 6.79. The molecule has 1 aromatic rings. The number of unbranched alkanes of at least 4 members (excludes halogenated alkanes) is 1. The van der Waals surface area contributed by atoms with Crippen LogP contribution < -0.4 is 0 Å². The molecule has 3 nitrogen and oxygen atoms in total. The van der Waals surface area contributed by atoms with Gasteiger partial charge in [-0.2, -0.15) is 0 Å². The van der Waals surface area contributed by atoms with E-state index in [1.165, 1.54) is 4.31 Å². The highest BCUT2D eigenvalue weighted by molar-refractivity contribution is 7.89. The summed E-state index contributed by atoms with van der Waals surface area (Å²) < 4.78 is 25.7. The minimum absolute atomic E-state index is 0.185. The number of nitrogens with zero attached hydrogens (tertiary/aromatic N) is 1. The van der Waals surface area contributed by atoms with Gasteiger partial charge in [0.1, 0.15) is 0 Å². The molecule has 19 heavy (non-hydrogen) atoms. The van der Waals surface area contributed by atoms with Crippen molar-refractivity contribution in [2.75, 3.05) is 19.3 Å². The van der Waals surface area contributed by atoms with Crippen LogP contribution in [0.4, 0.5) is 0 Å². The topological polar surface area (TPSA) is 37.4 Å². The summed E-state index contributed by atoms with van der Waals surface area (Å²) in [6.07, 6.45) is 1.62. The molecule has 0 aliphatic heterocycles. The molecule has 0 amide bonds. The summed E-state index contributed by atoms with van der Waals surface area (Å²) in [5.41, 5.74) is 0.975. The minimum Gasteiger partial charge on any atom is -0.212 e. The van der Waals surface area contributed by atoms with Crippen molar-refractivity contribution < 1.29 is 8.42 Å². The molecule has 0 fully saturated rings. The number of rotatable bonds is 7. The number of sulfonamides is 1. The van der Waals surface area contributed by atoms with Crippen LogP contribution in [0.2, 0.25) is 0 Å². The van der Waals surface area contributed by atoms with Crippen molar-refractivity contribution in [1.82, 2.24) is 4.31 Å². The largest absolute Gasteiger partial charge is 0.213 e. The van der Waals surface area contributed by atoms with Crippen LogP contribution >= 0.6 is 0 Å². The Morgan fingerprint density at radius 3 is 2.26 bits per heavy atom. The van der Waals surface area contributed by atoms with Crippen LogP contribution in [-0.2, 0) is 15.4 Å². The van der Waals surface area contributed by atoms with Crippen molar-refractivity contribution in [3.63, 3.8) is 0 Å². The van der Waals surface area contributed by atoms with Gasteiger partial charge in [-0.15, -0.1) is 0 Å². The van der Waals surface area contributed by atoms with Gasteiger partial charge >= 0.3 is 0 Å². The van der Waals surface area contributed by atoms with Crippen molar-refractivity contribution in [3.05, 3.63) is 35.9 Å². The van der Waals surface area contributed by atoms with Gasteiger partial charge in [-0.25, -0.2) is 12.7 Å². The Balaban J connectivity index is 2.78. The molecule has 0 saturated carbocycles. The monoisotopic (exact) mass is 283 g/mol. The lowest BCUT2D eigenvalue weighted by molar-refractivity contribution is 0.372. The Morgan fingerprint density at radius 1 is 1.16 bits per heavy atom. The number of hydrogen-bond acceptors (Lipinski definition) is 2. The molecule has 108 valence electrons. The predicted octanol–water partition coefficient (Wildman–Crippen LogP) is 3.03. The Morgan fingerprint density at radius 2 is 1.74 bits per heavy atom. The van der Waals surface area contributed by atoms with Crippen molar-refractivity contribution in [1.29, 1.82) is 0 Å². The molecular formula is C15H25NO2S. The van der Waals surface area contributed by atoms with Gasteiger partial charge in [-0.05, 0) is 12.0 Å². The molecule has 0 aromatic heterocycles. The number of likely N-dealkylation sites (N-methyl/N-ethyl adjacent to an activating group) is 1. The summed E-state index contributed by atoms with van der Waals surface area (Å²) >= 11 is 0. The van der Waals surface area contributed by atoms with Gasteiger partial charge in [0.15, 0.2) is 0 Å².